The quantitative estimate of drug-likeness (QED) is 0.264. The maximum atomic E-state index is 13.3. The molecule has 0 saturated carbocycles. The largest absolute Gasteiger partial charge is 0.318 e. The van der Waals surface area contributed by atoms with Crippen molar-refractivity contribution < 1.29 is 13.2 Å². The molecule has 0 unspecified atom stereocenters. The fraction of sp³-hybridized carbons (Fsp3) is 0.172. The lowest BCUT2D eigenvalue weighted by Gasteiger charge is -2.23. The van der Waals surface area contributed by atoms with E-state index < -0.39 is 22.5 Å². The lowest BCUT2D eigenvalue weighted by molar-refractivity contribution is -0.119. The van der Waals surface area contributed by atoms with Crippen LogP contribution in [0.25, 0.3) is 5.69 Å². The predicted octanol–water partition coefficient (Wildman–Crippen LogP) is 5.06. The fourth-order valence-electron chi connectivity index (χ4n) is 4.15. The summed E-state index contributed by atoms with van der Waals surface area (Å²) in [7, 11) is -3.96. The lowest BCUT2D eigenvalue weighted by atomic mass is 10.1. The van der Waals surface area contributed by atoms with E-state index in [9.17, 15) is 13.2 Å². The van der Waals surface area contributed by atoms with Crippen LogP contribution >= 0.6 is 0 Å². The summed E-state index contributed by atoms with van der Waals surface area (Å²) >= 11 is 0. The molecular formula is C29H30N4O3S. The number of carbonyl (C=O) groups excluding carboxylic acids is 1. The Kier molecular flexibility index (Phi) is 7.59. The van der Waals surface area contributed by atoms with Crippen LogP contribution in [-0.2, 0) is 14.8 Å². The van der Waals surface area contributed by atoms with Gasteiger partial charge in [0, 0.05) is 22.6 Å². The van der Waals surface area contributed by atoms with Gasteiger partial charge < -0.3 is 4.57 Å². The van der Waals surface area contributed by atoms with Crippen LogP contribution in [0.4, 0.5) is 5.69 Å². The molecule has 0 saturated heterocycles. The van der Waals surface area contributed by atoms with Crippen molar-refractivity contribution in [3.63, 3.8) is 0 Å². The molecule has 1 amide bonds. The number of benzene rings is 3. The predicted molar refractivity (Wildman–Crippen MR) is 148 cm³/mol. The van der Waals surface area contributed by atoms with Gasteiger partial charge in [0.15, 0.2) is 0 Å². The second-order valence-corrected chi connectivity index (χ2v) is 10.7. The van der Waals surface area contributed by atoms with E-state index in [1.165, 1.54) is 23.3 Å². The Balaban J connectivity index is 1.53. The highest BCUT2D eigenvalue weighted by atomic mass is 32.2. The van der Waals surface area contributed by atoms with Crippen LogP contribution in [0.5, 0.6) is 0 Å². The molecule has 7 nitrogen and oxygen atoms in total. The summed E-state index contributed by atoms with van der Waals surface area (Å²) in [5.74, 6) is -0.553. The summed E-state index contributed by atoms with van der Waals surface area (Å²) < 4.78 is 29.9. The number of amides is 1. The second kappa shape index (κ2) is 10.8. The minimum Gasteiger partial charge on any atom is -0.318 e. The Morgan fingerprint density at radius 3 is 2.19 bits per heavy atom. The molecule has 0 aliphatic rings. The van der Waals surface area contributed by atoms with E-state index in [-0.39, 0.29) is 4.90 Å². The van der Waals surface area contributed by atoms with Crippen molar-refractivity contribution in [1.82, 2.24) is 9.99 Å². The molecule has 4 rings (SSSR count). The number of para-hydroxylation sites is 1. The molecule has 1 heterocycles. The van der Waals surface area contributed by atoms with Crippen molar-refractivity contribution in [1.29, 1.82) is 0 Å². The van der Waals surface area contributed by atoms with Gasteiger partial charge in [-0.15, -0.1) is 0 Å². The molecule has 0 atom stereocenters. The molecule has 4 aromatic rings. The summed E-state index contributed by atoms with van der Waals surface area (Å²) in [5, 5.41) is 4.12. The molecule has 1 aromatic heterocycles. The molecule has 1 N–H and O–H groups in total. The van der Waals surface area contributed by atoms with E-state index in [1.54, 1.807) is 54.7 Å². The summed E-state index contributed by atoms with van der Waals surface area (Å²) in [6, 6.07) is 24.9. The molecule has 0 aliphatic heterocycles. The standard InChI is InChI=1S/C29H30N4O3S/c1-21-15-16-27(17-22(21)2)33-23(3)18-25(24(33)4)19-30-31-29(34)20-32(26-11-7-5-8-12-26)37(35,36)28-13-9-6-10-14-28/h5-19H,20H2,1-4H3,(H,31,34)/b30-19+. The first-order valence-electron chi connectivity index (χ1n) is 11.9. The molecule has 0 radical (unpaired) electrons. The van der Waals surface area contributed by atoms with Gasteiger partial charge in [0.2, 0.25) is 0 Å². The normalized spacial score (nSPS) is 11.6. The summed E-state index contributed by atoms with van der Waals surface area (Å²) in [6.07, 6.45) is 1.58. The van der Waals surface area contributed by atoms with Gasteiger partial charge in [0.05, 0.1) is 16.8 Å². The van der Waals surface area contributed by atoms with E-state index in [4.69, 9.17) is 0 Å². The van der Waals surface area contributed by atoms with Crippen LogP contribution < -0.4 is 9.73 Å². The minimum atomic E-state index is -3.96. The third kappa shape index (κ3) is 5.65. The maximum Gasteiger partial charge on any atom is 0.264 e. The van der Waals surface area contributed by atoms with Gasteiger partial charge in [-0.05, 0) is 81.3 Å². The molecule has 0 aliphatic carbocycles. The molecule has 0 spiro atoms. The van der Waals surface area contributed by atoms with E-state index in [1.807, 2.05) is 19.9 Å². The van der Waals surface area contributed by atoms with Crippen molar-refractivity contribution in [3.05, 3.63) is 113 Å². The van der Waals surface area contributed by atoms with Gasteiger partial charge in [-0.3, -0.25) is 9.10 Å². The Hall–Kier alpha value is -4.17. The number of hydrazone groups is 1. The zero-order valence-electron chi connectivity index (χ0n) is 21.3. The Bertz CT molecular complexity index is 1540. The number of rotatable bonds is 8. The SMILES string of the molecule is Cc1ccc(-n2c(C)cc(/C=N/NC(=O)CN(c3ccccc3)S(=O)(=O)c3ccccc3)c2C)cc1C. The number of carbonyl (C=O) groups is 1. The van der Waals surface area contributed by atoms with Gasteiger partial charge in [0.1, 0.15) is 6.54 Å². The summed E-state index contributed by atoms with van der Waals surface area (Å²) in [5.41, 5.74) is 9.25. The van der Waals surface area contributed by atoms with Gasteiger partial charge >= 0.3 is 0 Å². The Morgan fingerprint density at radius 1 is 0.892 bits per heavy atom. The molecule has 0 fully saturated rings. The van der Waals surface area contributed by atoms with E-state index >= 15 is 0 Å². The van der Waals surface area contributed by atoms with Crippen molar-refractivity contribution >= 4 is 27.8 Å². The average Bonchev–Trinajstić information content (AvgIpc) is 3.17. The molecular weight excluding hydrogens is 484 g/mol. The molecule has 8 heteroatoms. The van der Waals surface area contributed by atoms with Gasteiger partial charge in [-0.2, -0.15) is 5.10 Å². The van der Waals surface area contributed by atoms with Crippen LogP contribution in [0, 0.1) is 27.7 Å². The number of anilines is 1. The topological polar surface area (TPSA) is 83.8 Å². The first-order chi connectivity index (χ1) is 17.7. The first kappa shape index (κ1) is 25.9. The molecule has 37 heavy (non-hydrogen) atoms. The minimum absolute atomic E-state index is 0.105. The fourth-order valence-corrected chi connectivity index (χ4v) is 5.59. The highest BCUT2D eigenvalue weighted by Crippen LogP contribution is 2.24. The number of hydrogen-bond donors (Lipinski definition) is 1. The van der Waals surface area contributed by atoms with E-state index in [0.717, 1.165) is 26.9 Å². The average molecular weight is 515 g/mol. The van der Waals surface area contributed by atoms with Crippen molar-refractivity contribution in [2.45, 2.75) is 32.6 Å². The van der Waals surface area contributed by atoms with Gasteiger partial charge in [0.25, 0.3) is 15.9 Å². The van der Waals surface area contributed by atoms with Gasteiger partial charge in [-0.1, -0.05) is 42.5 Å². The van der Waals surface area contributed by atoms with Crippen LogP contribution in [0.1, 0.15) is 28.1 Å². The van der Waals surface area contributed by atoms with Crippen LogP contribution in [0.15, 0.2) is 94.9 Å². The summed E-state index contributed by atoms with van der Waals surface area (Å²) in [6.45, 7) is 7.76. The highest BCUT2D eigenvalue weighted by molar-refractivity contribution is 7.92. The van der Waals surface area contributed by atoms with E-state index in [0.29, 0.717) is 5.69 Å². The number of hydrogen-bond acceptors (Lipinski definition) is 4. The number of sulfonamides is 1. The third-order valence-corrected chi connectivity index (χ3v) is 8.06. The smallest absolute Gasteiger partial charge is 0.264 e. The van der Waals surface area contributed by atoms with Crippen LogP contribution in [-0.4, -0.2) is 31.7 Å². The monoisotopic (exact) mass is 514 g/mol. The Labute approximate surface area is 218 Å². The third-order valence-electron chi connectivity index (χ3n) is 6.27. The maximum absolute atomic E-state index is 13.3. The highest BCUT2D eigenvalue weighted by Gasteiger charge is 2.26. The van der Waals surface area contributed by atoms with E-state index in [2.05, 4.69) is 47.1 Å². The van der Waals surface area contributed by atoms with Crippen LogP contribution in [0.3, 0.4) is 0 Å². The van der Waals surface area contributed by atoms with Crippen molar-refractivity contribution in [2.24, 2.45) is 5.10 Å². The van der Waals surface area contributed by atoms with Crippen LogP contribution in [0.2, 0.25) is 0 Å². The first-order valence-corrected chi connectivity index (χ1v) is 13.3. The van der Waals surface area contributed by atoms with Gasteiger partial charge in [-0.25, -0.2) is 13.8 Å². The molecule has 190 valence electrons. The molecule has 3 aromatic carbocycles. The number of nitrogens with one attached hydrogen (secondary N) is 1. The Morgan fingerprint density at radius 2 is 1.54 bits per heavy atom. The molecule has 0 bridgehead atoms. The number of aromatic nitrogens is 1. The number of nitrogens with zero attached hydrogens (tertiary/aromatic N) is 3. The summed E-state index contributed by atoms with van der Waals surface area (Å²) in [4.78, 5) is 12.9. The zero-order valence-corrected chi connectivity index (χ0v) is 22.2. The zero-order chi connectivity index (χ0) is 26.6. The number of aryl methyl sites for hydroxylation is 3. The van der Waals surface area contributed by atoms with Crippen molar-refractivity contribution in [2.75, 3.05) is 10.8 Å². The van der Waals surface area contributed by atoms with Crippen molar-refractivity contribution in [3.8, 4) is 5.69 Å². The second-order valence-electron chi connectivity index (χ2n) is 8.88. The lowest BCUT2D eigenvalue weighted by Crippen LogP contribution is -2.39.